The molecule has 1 aromatic carbocycles. The molecule has 1 aliphatic carbocycles. The summed E-state index contributed by atoms with van der Waals surface area (Å²) in [6.07, 6.45) is 3.19. The molecule has 0 aromatic heterocycles. The fourth-order valence-electron chi connectivity index (χ4n) is 3.65. The van der Waals surface area contributed by atoms with E-state index >= 15 is 0 Å². The van der Waals surface area contributed by atoms with Crippen molar-refractivity contribution in [2.75, 3.05) is 6.54 Å². The van der Waals surface area contributed by atoms with Crippen LogP contribution in [-0.2, 0) is 9.59 Å². The van der Waals surface area contributed by atoms with Crippen molar-refractivity contribution in [3.63, 3.8) is 0 Å². The lowest BCUT2D eigenvalue weighted by molar-refractivity contribution is -0.140. The third-order valence-corrected chi connectivity index (χ3v) is 5.50. The number of nitrogens with one attached hydrogen (secondary N) is 3. The van der Waals surface area contributed by atoms with E-state index in [0.29, 0.717) is 30.7 Å². The van der Waals surface area contributed by atoms with Crippen molar-refractivity contribution >= 4 is 23.8 Å². The lowest BCUT2D eigenvalue weighted by Crippen LogP contribution is -2.51. The Morgan fingerprint density at radius 3 is 2.52 bits per heavy atom. The quantitative estimate of drug-likeness (QED) is 0.497. The highest BCUT2D eigenvalue weighted by atomic mass is 19.1. The molecule has 2 aliphatic rings. The number of nitrogens with zero attached hydrogens (tertiary/aromatic N) is 1. The number of halogens is 1. The SMILES string of the molecule is CC1CCC2(CC1)NC(=O)N(NC(=O)CCCNC(=O)c1ccc(F)cc1)C2=O. The Kier molecular flexibility index (Phi) is 6.14. The Bertz CT molecular complexity index is 803. The van der Waals surface area contributed by atoms with Gasteiger partial charge in [-0.15, -0.1) is 0 Å². The lowest BCUT2D eigenvalue weighted by Gasteiger charge is -2.33. The Morgan fingerprint density at radius 1 is 1.21 bits per heavy atom. The topological polar surface area (TPSA) is 108 Å². The van der Waals surface area contributed by atoms with Gasteiger partial charge < -0.3 is 10.6 Å². The maximum Gasteiger partial charge on any atom is 0.344 e. The van der Waals surface area contributed by atoms with Crippen LogP contribution in [0.2, 0.25) is 0 Å². The second-order valence-corrected chi connectivity index (χ2v) is 7.74. The van der Waals surface area contributed by atoms with Crippen molar-refractivity contribution in [1.29, 1.82) is 0 Å². The van der Waals surface area contributed by atoms with E-state index in [2.05, 4.69) is 23.0 Å². The van der Waals surface area contributed by atoms with Crippen molar-refractivity contribution < 1.29 is 23.6 Å². The first kappa shape index (κ1) is 20.8. The van der Waals surface area contributed by atoms with Crippen LogP contribution in [0.3, 0.4) is 0 Å². The minimum absolute atomic E-state index is 0.0325. The van der Waals surface area contributed by atoms with E-state index in [9.17, 15) is 23.6 Å². The fourth-order valence-corrected chi connectivity index (χ4v) is 3.65. The molecule has 156 valence electrons. The zero-order valence-electron chi connectivity index (χ0n) is 16.3. The maximum atomic E-state index is 12.9. The van der Waals surface area contributed by atoms with Crippen LogP contribution in [0.4, 0.5) is 9.18 Å². The summed E-state index contributed by atoms with van der Waals surface area (Å²) in [7, 11) is 0. The molecule has 1 saturated heterocycles. The first-order valence-corrected chi connectivity index (χ1v) is 9.81. The van der Waals surface area contributed by atoms with Gasteiger partial charge in [0.25, 0.3) is 11.8 Å². The van der Waals surface area contributed by atoms with E-state index in [1.807, 2.05) is 0 Å². The van der Waals surface area contributed by atoms with E-state index in [0.717, 1.165) is 17.9 Å². The van der Waals surface area contributed by atoms with Crippen LogP contribution in [0, 0.1) is 11.7 Å². The highest BCUT2D eigenvalue weighted by molar-refractivity contribution is 6.08. The van der Waals surface area contributed by atoms with Gasteiger partial charge in [0.15, 0.2) is 0 Å². The molecule has 0 radical (unpaired) electrons. The van der Waals surface area contributed by atoms with E-state index < -0.39 is 29.2 Å². The third-order valence-electron chi connectivity index (χ3n) is 5.50. The number of imide groups is 1. The van der Waals surface area contributed by atoms with Crippen LogP contribution in [-0.4, -0.2) is 40.8 Å². The first-order chi connectivity index (χ1) is 13.8. The monoisotopic (exact) mass is 404 g/mol. The summed E-state index contributed by atoms with van der Waals surface area (Å²) in [6, 6.07) is 4.52. The third kappa shape index (κ3) is 4.72. The molecule has 3 N–H and O–H groups in total. The van der Waals surface area contributed by atoms with Gasteiger partial charge in [-0.1, -0.05) is 6.92 Å². The van der Waals surface area contributed by atoms with Crippen molar-refractivity contribution in [3.8, 4) is 0 Å². The zero-order chi connectivity index (χ0) is 21.0. The predicted octanol–water partition coefficient (Wildman–Crippen LogP) is 1.87. The summed E-state index contributed by atoms with van der Waals surface area (Å²) in [5.41, 5.74) is 1.78. The van der Waals surface area contributed by atoms with E-state index in [-0.39, 0.29) is 18.9 Å². The molecular weight excluding hydrogens is 379 g/mol. The van der Waals surface area contributed by atoms with E-state index in [1.165, 1.54) is 24.3 Å². The molecular formula is C20H25FN4O4. The summed E-state index contributed by atoms with van der Waals surface area (Å²) < 4.78 is 12.9. The molecule has 8 nitrogen and oxygen atoms in total. The summed E-state index contributed by atoms with van der Waals surface area (Å²) >= 11 is 0. The zero-order valence-corrected chi connectivity index (χ0v) is 16.3. The number of hydrogen-bond donors (Lipinski definition) is 3. The number of carbonyl (C=O) groups is 4. The van der Waals surface area contributed by atoms with Crippen molar-refractivity contribution in [2.24, 2.45) is 5.92 Å². The molecule has 2 fully saturated rings. The largest absolute Gasteiger partial charge is 0.352 e. The molecule has 1 spiro atoms. The molecule has 3 rings (SSSR count). The van der Waals surface area contributed by atoms with Crippen molar-refractivity contribution in [2.45, 2.75) is 51.0 Å². The van der Waals surface area contributed by atoms with Gasteiger partial charge in [0.1, 0.15) is 11.4 Å². The molecule has 1 aliphatic heterocycles. The van der Waals surface area contributed by atoms with Gasteiger partial charge in [-0.3, -0.25) is 19.8 Å². The standard InChI is InChI=1S/C20H25FN4O4/c1-13-8-10-20(11-9-13)18(28)25(19(29)23-20)24-16(26)3-2-12-22-17(27)14-4-6-15(21)7-5-14/h4-7,13H,2-3,8-12H2,1H3,(H,22,27)(H,23,29)(H,24,26). The molecule has 1 aromatic rings. The summed E-state index contributed by atoms with van der Waals surface area (Å²) in [5.74, 6) is -1.17. The molecule has 0 unspecified atom stereocenters. The summed E-state index contributed by atoms with van der Waals surface area (Å²) in [5, 5.41) is 6.15. The van der Waals surface area contributed by atoms with Gasteiger partial charge >= 0.3 is 6.03 Å². The normalized spacial score (nSPS) is 23.8. The summed E-state index contributed by atoms with van der Waals surface area (Å²) in [4.78, 5) is 48.9. The van der Waals surface area contributed by atoms with Crippen LogP contribution in [0.1, 0.15) is 55.8 Å². The van der Waals surface area contributed by atoms with Gasteiger partial charge in [0.05, 0.1) is 0 Å². The average Bonchev–Trinajstić information content (AvgIpc) is 2.92. The molecule has 9 heteroatoms. The number of carbonyl (C=O) groups excluding carboxylic acids is 4. The second kappa shape index (κ2) is 8.59. The number of hydrogen-bond acceptors (Lipinski definition) is 4. The number of rotatable bonds is 6. The van der Waals surface area contributed by atoms with E-state index in [1.54, 1.807) is 0 Å². The molecule has 0 atom stereocenters. The highest BCUT2D eigenvalue weighted by Crippen LogP contribution is 2.35. The van der Waals surface area contributed by atoms with Gasteiger partial charge in [0.2, 0.25) is 5.91 Å². The first-order valence-electron chi connectivity index (χ1n) is 9.81. The number of urea groups is 1. The van der Waals surface area contributed by atoms with Crippen LogP contribution in [0.25, 0.3) is 0 Å². The smallest absolute Gasteiger partial charge is 0.344 e. The van der Waals surface area contributed by atoms with Crippen LogP contribution in [0.5, 0.6) is 0 Å². The van der Waals surface area contributed by atoms with Gasteiger partial charge in [-0.05, 0) is 62.3 Å². The van der Waals surface area contributed by atoms with E-state index in [4.69, 9.17) is 0 Å². The number of amides is 5. The van der Waals surface area contributed by atoms with Crippen LogP contribution in [0.15, 0.2) is 24.3 Å². The fraction of sp³-hybridized carbons (Fsp3) is 0.500. The maximum absolute atomic E-state index is 12.9. The van der Waals surface area contributed by atoms with Crippen LogP contribution < -0.4 is 16.1 Å². The Labute approximate surface area is 168 Å². The average molecular weight is 404 g/mol. The molecule has 0 bridgehead atoms. The lowest BCUT2D eigenvalue weighted by atomic mass is 9.77. The minimum atomic E-state index is -0.903. The minimum Gasteiger partial charge on any atom is -0.352 e. The molecule has 1 heterocycles. The van der Waals surface area contributed by atoms with Gasteiger partial charge in [-0.25, -0.2) is 9.18 Å². The van der Waals surface area contributed by atoms with Gasteiger partial charge in [0, 0.05) is 18.5 Å². The van der Waals surface area contributed by atoms with Crippen molar-refractivity contribution in [3.05, 3.63) is 35.6 Å². The second-order valence-electron chi connectivity index (χ2n) is 7.74. The van der Waals surface area contributed by atoms with Crippen molar-refractivity contribution in [1.82, 2.24) is 21.1 Å². The predicted molar refractivity (Wildman–Crippen MR) is 102 cm³/mol. The molecule has 29 heavy (non-hydrogen) atoms. The Balaban J connectivity index is 1.42. The highest BCUT2D eigenvalue weighted by Gasteiger charge is 2.52. The number of hydrazine groups is 1. The molecule has 5 amide bonds. The Morgan fingerprint density at radius 2 is 1.86 bits per heavy atom. The van der Waals surface area contributed by atoms with Crippen LogP contribution >= 0.6 is 0 Å². The molecule has 1 saturated carbocycles. The Hall–Kier alpha value is -2.97. The van der Waals surface area contributed by atoms with Gasteiger partial charge in [-0.2, -0.15) is 5.01 Å². The summed E-state index contributed by atoms with van der Waals surface area (Å²) in [6.45, 7) is 2.34. The number of benzene rings is 1.